The number of nitrogens with zero attached hydrogens (tertiary/aromatic N) is 2. The summed E-state index contributed by atoms with van der Waals surface area (Å²) in [5, 5.41) is 11.0. The van der Waals surface area contributed by atoms with Gasteiger partial charge in [-0.05, 0) is 82.1 Å². The topological polar surface area (TPSA) is 92.5 Å². The standard InChI is InChI=1S/C30H42N2O6/c1-7-31(8-2)16-10-17-32-27(26(29(34)30(32)35)28(33)24-13-11-21(6)38-24)22-12-14-23(25(19-22)36-9-3)37-18-15-20(4)5/h11-14,19-20,27,34H,7-10,15-18H2,1-6H3. The number of aryl methyl sites for hydroxylation is 1. The summed E-state index contributed by atoms with van der Waals surface area (Å²) in [6.07, 6.45) is 1.61. The molecule has 1 amide bonds. The first kappa shape index (κ1) is 29.3. The molecule has 0 aliphatic carbocycles. The van der Waals surface area contributed by atoms with Crippen LogP contribution in [0.15, 0.2) is 46.1 Å². The van der Waals surface area contributed by atoms with Crippen LogP contribution in [0.5, 0.6) is 11.5 Å². The lowest BCUT2D eigenvalue weighted by molar-refractivity contribution is -0.129. The van der Waals surface area contributed by atoms with E-state index in [2.05, 4.69) is 32.6 Å². The van der Waals surface area contributed by atoms with E-state index >= 15 is 0 Å². The van der Waals surface area contributed by atoms with Gasteiger partial charge in [0.15, 0.2) is 23.0 Å². The molecule has 1 aromatic heterocycles. The number of furan rings is 1. The first-order valence-electron chi connectivity index (χ1n) is 13.7. The number of aliphatic hydroxyl groups excluding tert-OH is 1. The number of Topliss-reactive ketones (excluding diaryl/α,β-unsaturated/α-hetero) is 1. The van der Waals surface area contributed by atoms with Crippen molar-refractivity contribution in [1.82, 2.24) is 9.80 Å². The lowest BCUT2D eigenvalue weighted by atomic mass is 9.94. The summed E-state index contributed by atoms with van der Waals surface area (Å²) in [5.41, 5.74) is 0.680. The van der Waals surface area contributed by atoms with Gasteiger partial charge in [-0.3, -0.25) is 9.59 Å². The zero-order chi connectivity index (χ0) is 27.8. The summed E-state index contributed by atoms with van der Waals surface area (Å²) >= 11 is 0. The third-order valence-corrected chi connectivity index (χ3v) is 6.82. The normalized spacial score (nSPS) is 15.7. The second kappa shape index (κ2) is 13.5. The highest BCUT2D eigenvalue weighted by Crippen LogP contribution is 2.42. The average Bonchev–Trinajstić information content (AvgIpc) is 3.43. The van der Waals surface area contributed by atoms with E-state index in [0.717, 1.165) is 26.1 Å². The van der Waals surface area contributed by atoms with Crippen molar-refractivity contribution in [2.24, 2.45) is 5.92 Å². The van der Waals surface area contributed by atoms with Crippen LogP contribution in [0.1, 0.15) is 75.4 Å². The molecule has 1 atom stereocenters. The van der Waals surface area contributed by atoms with Gasteiger partial charge in [-0.25, -0.2) is 0 Å². The van der Waals surface area contributed by atoms with E-state index in [9.17, 15) is 14.7 Å². The van der Waals surface area contributed by atoms with E-state index in [1.807, 2.05) is 25.1 Å². The molecule has 38 heavy (non-hydrogen) atoms. The Morgan fingerprint density at radius 3 is 2.45 bits per heavy atom. The maximum atomic E-state index is 13.5. The Labute approximate surface area is 226 Å². The Morgan fingerprint density at radius 1 is 1.11 bits per heavy atom. The summed E-state index contributed by atoms with van der Waals surface area (Å²) in [6, 6.07) is 7.94. The van der Waals surface area contributed by atoms with Crippen molar-refractivity contribution in [2.45, 2.75) is 60.4 Å². The number of carbonyl (C=O) groups excluding carboxylic acids is 2. The largest absolute Gasteiger partial charge is 0.503 e. The predicted octanol–water partition coefficient (Wildman–Crippen LogP) is 5.72. The lowest BCUT2D eigenvalue weighted by Gasteiger charge is -2.28. The SMILES string of the molecule is CCOc1cc(C2C(C(=O)c3ccc(C)o3)=C(O)C(=O)N2CCCN(CC)CC)ccc1OCCC(C)C. The zero-order valence-electron chi connectivity index (χ0n) is 23.6. The fourth-order valence-corrected chi connectivity index (χ4v) is 4.64. The quantitative estimate of drug-likeness (QED) is 0.297. The fourth-order valence-electron chi connectivity index (χ4n) is 4.64. The third-order valence-electron chi connectivity index (χ3n) is 6.82. The Bertz CT molecular complexity index is 1130. The van der Waals surface area contributed by atoms with Gasteiger partial charge < -0.3 is 28.8 Å². The van der Waals surface area contributed by atoms with Crippen molar-refractivity contribution < 1.29 is 28.6 Å². The van der Waals surface area contributed by atoms with Crippen molar-refractivity contribution in [1.29, 1.82) is 0 Å². The van der Waals surface area contributed by atoms with E-state index in [1.165, 1.54) is 0 Å². The van der Waals surface area contributed by atoms with E-state index in [0.29, 0.717) is 54.9 Å². The number of hydrogen-bond donors (Lipinski definition) is 1. The van der Waals surface area contributed by atoms with Crippen LogP contribution in [0.25, 0.3) is 0 Å². The molecule has 1 N–H and O–H groups in total. The maximum absolute atomic E-state index is 13.5. The molecule has 1 aromatic carbocycles. The van der Waals surface area contributed by atoms with Crippen LogP contribution in [0, 0.1) is 12.8 Å². The summed E-state index contributed by atoms with van der Waals surface area (Å²) in [5.74, 6) is 0.718. The van der Waals surface area contributed by atoms with Crippen LogP contribution < -0.4 is 9.47 Å². The molecule has 8 heteroatoms. The Kier molecular flexibility index (Phi) is 10.4. The summed E-state index contributed by atoms with van der Waals surface area (Å²) in [7, 11) is 0. The molecule has 8 nitrogen and oxygen atoms in total. The summed E-state index contributed by atoms with van der Waals surface area (Å²) in [6.45, 7) is 16.1. The van der Waals surface area contributed by atoms with Crippen molar-refractivity contribution in [2.75, 3.05) is 39.4 Å². The smallest absolute Gasteiger partial charge is 0.290 e. The van der Waals surface area contributed by atoms with Crippen molar-refractivity contribution in [3.8, 4) is 11.5 Å². The molecule has 0 fully saturated rings. The Hall–Kier alpha value is -3.26. The van der Waals surface area contributed by atoms with Crippen molar-refractivity contribution >= 4 is 11.7 Å². The number of ketones is 1. The second-order valence-corrected chi connectivity index (χ2v) is 9.95. The van der Waals surface area contributed by atoms with E-state index in [-0.39, 0.29) is 11.3 Å². The van der Waals surface area contributed by atoms with E-state index in [1.54, 1.807) is 24.0 Å². The molecule has 2 aromatic rings. The molecule has 0 saturated carbocycles. The van der Waals surface area contributed by atoms with Crippen LogP contribution in [0.3, 0.4) is 0 Å². The number of hydrogen-bond acceptors (Lipinski definition) is 7. The van der Waals surface area contributed by atoms with Gasteiger partial charge in [0.2, 0.25) is 5.78 Å². The highest BCUT2D eigenvalue weighted by molar-refractivity contribution is 6.15. The van der Waals surface area contributed by atoms with Gasteiger partial charge in [0, 0.05) is 6.54 Å². The van der Waals surface area contributed by atoms with E-state index in [4.69, 9.17) is 13.9 Å². The van der Waals surface area contributed by atoms with Gasteiger partial charge in [-0.15, -0.1) is 0 Å². The third kappa shape index (κ3) is 6.78. The molecule has 0 saturated heterocycles. The van der Waals surface area contributed by atoms with Gasteiger partial charge in [0.05, 0.1) is 24.8 Å². The van der Waals surface area contributed by atoms with Crippen LogP contribution in [-0.4, -0.2) is 66.0 Å². The Balaban J connectivity index is 1.99. The average molecular weight is 527 g/mol. The molecule has 0 spiro atoms. The minimum Gasteiger partial charge on any atom is -0.503 e. The molecule has 3 rings (SSSR count). The molecule has 0 bridgehead atoms. The minimum atomic E-state index is -0.777. The van der Waals surface area contributed by atoms with Crippen LogP contribution >= 0.6 is 0 Å². The summed E-state index contributed by atoms with van der Waals surface area (Å²) in [4.78, 5) is 30.7. The zero-order valence-corrected chi connectivity index (χ0v) is 23.6. The number of ether oxygens (including phenoxy) is 2. The van der Waals surface area contributed by atoms with Crippen LogP contribution in [-0.2, 0) is 4.79 Å². The van der Waals surface area contributed by atoms with Gasteiger partial charge in [-0.1, -0.05) is 33.8 Å². The van der Waals surface area contributed by atoms with Gasteiger partial charge in [-0.2, -0.15) is 0 Å². The number of benzene rings is 1. The second-order valence-electron chi connectivity index (χ2n) is 9.95. The van der Waals surface area contributed by atoms with Crippen LogP contribution in [0.4, 0.5) is 0 Å². The van der Waals surface area contributed by atoms with E-state index < -0.39 is 23.5 Å². The molecule has 1 aliphatic heterocycles. The molecule has 1 aliphatic rings. The van der Waals surface area contributed by atoms with Gasteiger partial charge in [0.1, 0.15) is 5.76 Å². The molecular formula is C30H42N2O6. The maximum Gasteiger partial charge on any atom is 0.290 e. The Morgan fingerprint density at radius 2 is 1.84 bits per heavy atom. The van der Waals surface area contributed by atoms with Gasteiger partial charge in [0.25, 0.3) is 5.91 Å². The highest BCUT2D eigenvalue weighted by atomic mass is 16.5. The molecule has 1 unspecified atom stereocenters. The van der Waals surface area contributed by atoms with Crippen molar-refractivity contribution in [3.63, 3.8) is 0 Å². The lowest BCUT2D eigenvalue weighted by Crippen LogP contribution is -2.34. The predicted molar refractivity (Wildman–Crippen MR) is 147 cm³/mol. The minimum absolute atomic E-state index is 0.0168. The number of carbonyl (C=O) groups is 2. The number of aliphatic hydroxyl groups is 1. The van der Waals surface area contributed by atoms with Crippen LogP contribution in [0.2, 0.25) is 0 Å². The highest BCUT2D eigenvalue weighted by Gasteiger charge is 2.44. The monoisotopic (exact) mass is 526 g/mol. The number of rotatable bonds is 15. The fraction of sp³-hybridized carbons (Fsp3) is 0.533. The summed E-state index contributed by atoms with van der Waals surface area (Å²) < 4.78 is 17.5. The molecule has 2 heterocycles. The molecule has 208 valence electrons. The first-order valence-corrected chi connectivity index (χ1v) is 13.7. The number of amides is 1. The van der Waals surface area contributed by atoms with Gasteiger partial charge >= 0.3 is 0 Å². The van der Waals surface area contributed by atoms with Crippen molar-refractivity contribution in [3.05, 3.63) is 58.7 Å². The first-order chi connectivity index (χ1) is 18.2. The molecular weight excluding hydrogens is 484 g/mol. The molecule has 0 radical (unpaired) electrons.